The molecule has 27 nitrogen and oxygen atoms in total. The van der Waals surface area contributed by atoms with Crippen LogP contribution in [0.15, 0.2) is 160 Å². The SMILES string of the molecule is CCc1nccc(CC2CCC(Oc3cc(N4CCOCC4)cc4nccnc34)CC2)n1.COc1cncnc1CC1CCC(Oc2cc(N3CCOCC3)cc3nccnc23)CC1.Cc1ccncc1CC1CCC(Oc2cc(N3CCOCC3)cc3nccnc23)CC1.Cc1ncccc1CC1CCC(Oc2cc(N3CCOCC3)cc3nccnc23)CC1. The van der Waals surface area contributed by atoms with E-state index >= 15 is 0 Å². The first-order valence-corrected chi connectivity index (χ1v) is 46.0. The number of nitrogens with zero attached hydrogens (tertiary/aromatic N) is 18. The van der Waals surface area contributed by atoms with Crippen molar-refractivity contribution in [1.29, 1.82) is 0 Å². The van der Waals surface area contributed by atoms with Crippen LogP contribution < -0.4 is 43.3 Å². The van der Waals surface area contributed by atoms with Crippen molar-refractivity contribution in [2.45, 2.75) is 180 Å². The minimum absolute atomic E-state index is 0.184. The van der Waals surface area contributed by atoms with Gasteiger partial charge in [0, 0.05) is 192 Å². The largest absolute Gasteiger partial charge is 0.493 e. The molecule has 0 radical (unpaired) electrons. The van der Waals surface area contributed by atoms with E-state index in [4.69, 9.17) is 42.6 Å². The quantitative estimate of drug-likeness (QED) is 0.0609. The van der Waals surface area contributed by atoms with Crippen molar-refractivity contribution in [2.24, 2.45) is 23.7 Å². The second-order valence-corrected chi connectivity index (χ2v) is 34.6. The van der Waals surface area contributed by atoms with Gasteiger partial charge < -0.3 is 62.2 Å². The van der Waals surface area contributed by atoms with Gasteiger partial charge in [-0.1, -0.05) is 13.0 Å². The summed E-state index contributed by atoms with van der Waals surface area (Å²) in [7, 11) is 1.67. The van der Waals surface area contributed by atoms with Crippen LogP contribution in [0.4, 0.5) is 22.7 Å². The summed E-state index contributed by atoms with van der Waals surface area (Å²) in [5.41, 5.74) is 18.9. The molecule has 0 amide bonds. The molecule has 20 rings (SSSR count). The molecule has 660 valence electrons. The number of hydrogen-bond donors (Lipinski definition) is 0. The molecule has 4 saturated carbocycles. The Morgan fingerprint density at radius 3 is 1.09 bits per heavy atom. The number of aromatic nitrogens is 14. The van der Waals surface area contributed by atoms with Crippen molar-refractivity contribution in [3.63, 3.8) is 0 Å². The van der Waals surface area contributed by atoms with Gasteiger partial charge in [-0.15, -0.1) is 0 Å². The fourth-order valence-corrected chi connectivity index (χ4v) is 19.1. The normalized spacial score (nSPS) is 21.7. The van der Waals surface area contributed by atoms with Gasteiger partial charge in [0.2, 0.25) is 0 Å². The van der Waals surface area contributed by atoms with E-state index in [9.17, 15) is 0 Å². The Morgan fingerprint density at radius 2 is 0.714 bits per heavy atom. The highest BCUT2D eigenvalue weighted by Gasteiger charge is 2.31. The van der Waals surface area contributed by atoms with Crippen LogP contribution in [-0.4, -0.2) is 207 Å². The number of aryl methyl sites for hydroxylation is 3. The average molecular weight is 1710 g/mol. The van der Waals surface area contributed by atoms with Crippen LogP contribution in [0.3, 0.4) is 0 Å². The maximum Gasteiger partial charge on any atom is 0.158 e. The monoisotopic (exact) mass is 1700 g/mol. The van der Waals surface area contributed by atoms with E-state index in [0.29, 0.717) is 23.7 Å². The lowest BCUT2D eigenvalue weighted by atomic mass is 9.83. The van der Waals surface area contributed by atoms with E-state index in [2.05, 4.69) is 177 Å². The number of methoxy groups -OCH3 is 1. The second kappa shape index (κ2) is 43.3. The van der Waals surface area contributed by atoms with E-state index in [1.807, 2.05) is 30.9 Å². The van der Waals surface area contributed by atoms with Crippen molar-refractivity contribution < 1.29 is 42.6 Å². The lowest BCUT2D eigenvalue weighted by Crippen LogP contribution is -2.36. The highest BCUT2D eigenvalue weighted by atomic mass is 16.5. The molecule has 0 spiro atoms. The Balaban J connectivity index is 0.000000119. The van der Waals surface area contributed by atoms with Gasteiger partial charge in [0.25, 0.3) is 0 Å². The van der Waals surface area contributed by atoms with E-state index < -0.39 is 0 Å². The molecule has 12 aromatic rings. The summed E-state index contributed by atoms with van der Waals surface area (Å²) < 4.78 is 53.7. The standard InChI is InChI=1S/C25H31N5O2.2C25H30N4O2.C24H29N5O3/c1-2-24-27-8-7-19(29-24)15-18-3-5-21(6-4-18)32-23-17-20(30-11-13-31-14-12-30)16-22-25(23)28-10-9-26-22;1-18-6-7-26-17-20(18)14-19-2-4-22(5-3-19)31-24-16-21(29-10-12-30-13-11-29)15-23-25(24)28-9-8-27-23;1-18-20(3-2-8-26-18)15-19-4-6-22(7-5-19)31-24-17-21(29-11-13-30-14-12-29)16-23-25(24)28-10-9-27-23;1-30-23-15-25-16-28-20(23)12-17-2-4-19(5-3-17)32-22-14-18(29-8-10-31-11-9-29)13-21-24(22)27-7-6-26-21/h7-10,16-18,21H,2-6,11-15H2,1H3;6-9,15-17,19,22H,2-5,10-14H2,1H3;2-3,8-10,16-17,19,22H,4-7,11-15H2,1H3;6-7,13-17,19H,2-5,8-12H2,1H3. The zero-order chi connectivity index (χ0) is 85.6. The first kappa shape index (κ1) is 86.8. The van der Waals surface area contributed by atoms with Gasteiger partial charge in [-0.3, -0.25) is 29.9 Å². The van der Waals surface area contributed by atoms with Gasteiger partial charge >= 0.3 is 0 Å². The van der Waals surface area contributed by atoms with Gasteiger partial charge in [-0.25, -0.2) is 39.9 Å². The van der Waals surface area contributed by atoms with E-state index in [1.54, 1.807) is 69.2 Å². The van der Waals surface area contributed by atoms with Crippen molar-refractivity contribution in [2.75, 3.05) is 132 Å². The fourth-order valence-electron chi connectivity index (χ4n) is 19.1. The molecule has 4 aromatic carbocycles. The summed E-state index contributed by atoms with van der Waals surface area (Å²) >= 11 is 0. The zero-order valence-corrected chi connectivity index (χ0v) is 73.5. The predicted molar refractivity (Wildman–Crippen MR) is 489 cm³/mol. The maximum atomic E-state index is 6.55. The third-order valence-corrected chi connectivity index (χ3v) is 26.3. The van der Waals surface area contributed by atoms with Gasteiger partial charge in [0.15, 0.2) is 5.75 Å². The molecule has 4 aliphatic heterocycles. The fraction of sp³-hybridized carbons (Fsp3) is 0.495. The van der Waals surface area contributed by atoms with E-state index in [1.165, 1.54) is 48.1 Å². The van der Waals surface area contributed by atoms with Gasteiger partial charge in [-0.05, 0) is 225 Å². The lowest BCUT2D eigenvalue weighted by molar-refractivity contribution is 0.122. The number of pyridine rings is 2. The zero-order valence-electron chi connectivity index (χ0n) is 73.5. The Morgan fingerprint density at radius 1 is 0.341 bits per heavy atom. The summed E-state index contributed by atoms with van der Waals surface area (Å²) in [6, 6.07) is 25.4. The summed E-state index contributed by atoms with van der Waals surface area (Å²) in [5.74, 6) is 7.77. The highest BCUT2D eigenvalue weighted by Crippen LogP contribution is 2.41. The van der Waals surface area contributed by atoms with Crippen molar-refractivity contribution >= 4 is 66.9 Å². The van der Waals surface area contributed by atoms with E-state index in [-0.39, 0.29) is 24.4 Å². The number of ether oxygens (including phenoxy) is 9. The number of anilines is 4. The topological polar surface area (TPSA) is 276 Å². The van der Waals surface area contributed by atoms with Crippen LogP contribution in [-0.2, 0) is 51.1 Å². The van der Waals surface area contributed by atoms with Gasteiger partial charge in [0.05, 0.1) is 118 Å². The minimum atomic E-state index is 0.184. The summed E-state index contributed by atoms with van der Waals surface area (Å²) in [6.07, 6.45) is 48.6. The molecular formula is C99H120N18O9. The van der Waals surface area contributed by atoms with Crippen LogP contribution in [0, 0.1) is 37.5 Å². The predicted octanol–water partition coefficient (Wildman–Crippen LogP) is 16.1. The molecule has 0 atom stereocenters. The Bertz CT molecular complexity index is 5320. The summed E-state index contributed by atoms with van der Waals surface area (Å²) in [5, 5.41) is 0. The van der Waals surface area contributed by atoms with Crippen LogP contribution in [0.25, 0.3) is 44.1 Å². The molecule has 0 bridgehead atoms. The van der Waals surface area contributed by atoms with Crippen molar-refractivity contribution in [3.8, 4) is 28.7 Å². The Hall–Kier alpha value is -11.3. The molecular weight excluding hydrogens is 1590 g/mol. The number of rotatable bonds is 22. The molecule has 12 heterocycles. The van der Waals surface area contributed by atoms with Crippen LogP contribution in [0.1, 0.15) is 149 Å². The third kappa shape index (κ3) is 22.9. The van der Waals surface area contributed by atoms with Crippen molar-refractivity contribution in [3.05, 3.63) is 199 Å². The number of fused-ring (bicyclic) bond motifs is 4. The van der Waals surface area contributed by atoms with Crippen LogP contribution in [0.2, 0.25) is 0 Å². The Kier molecular flexibility index (Phi) is 29.8. The molecule has 8 fully saturated rings. The maximum absolute atomic E-state index is 6.55. The summed E-state index contributed by atoms with van der Waals surface area (Å²) in [6.45, 7) is 19.5. The molecule has 27 heteroatoms. The lowest BCUT2D eigenvalue weighted by Gasteiger charge is -2.31. The molecule has 126 heavy (non-hydrogen) atoms. The van der Waals surface area contributed by atoms with E-state index in [0.717, 1.165) is 327 Å². The number of morpholine rings is 4. The molecule has 8 aliphatic rings. The molecule has 4 aliphatic carbocycles. The number of hydrogen-bond acceptors (Lipinski definition) is 27. The minimum Gasteiger partial charge on any atom is -0.493 e. The van der Waals surface area contributed by atoms with Crippen LogP contribution >= 0.6 is 0 Å². The average Bonchev–Trinajstić information content (AvgIpc) is 0.804. The smallest absolute Gasteiger partial charge is 0.158 e. The third-order valence-electron chi connectivity index (χ3n) is 26.3. The second-order valence-electron chi connectivity index (χ2n) is 34.6. The molecule has 8 aromatic heterocycles. The van der Waals surface area contributed by atoms with Gasteiger partial charge in [-0.2, -0.15) is 0 Å². The van der Waals surface area contributed by atoms with Gasteiger partial charge in [0.1, 0.15) is 57.2 Å². The highest BCUT2D eigenvalue weighted by molar-refractivity contribution is 5.88. The Labute approximate surface area is 739 Å². The summed E-state index contributed by atoms with van der Waals surface area (Å²) in [4.78, 5) is 72.1. The van der Waals surface area contributed by atoms with Crippen LogP contribution in [0.5, 0.6) is 28.7 Å². The van der Waals surface area contributed by atoms with Crippen molar-refractivity contribution in [1.82, 2.24) is 69.8 Å². The first-order valence-electron chi connectivity index (χ1n) is 46.0. The molecule has 0 N–H and O–H groups in total. The molecule has 0 unspecified atom stereocenters. The number of benzene rings is 4. The molecule has 4 saturated heterocycles. The first-order chi connectivity index (χ1) is 62.1.